The molecule has 138 valence electrons. The molecule has 1 saturated heterocycles. The monoisotopic (exact) mass is 376 g/mol. The van der Waals surface area contributed by atoms with Gasteiger partial charge in [0.15, 0.2) is 0 Å². The predicted octanol–water partition coefficient (Wildman–Crippen LogP) is 0.271. The minimum Gasteiger partial charge on any atom is -0.364 e. The van der Waals surface area contributed by atoms with Crippen LogP contribution >= 0.6 is 0 Å². The van der Waals surface area contributed by atoms with Crippen molar-refractivity contribution in [1.82, 2.24) is 13.8 Å². The van der Waals surface area contributed by atoms with E-state index in [2.05, 4.69) is 0 Å². The number of hydrogen-bond acceptors (Lipinski definition) is 4. The second kappa shape index (κ2) is 6.93. The average Bonchev–Trinajstić information content (AvgIpc) is 3.05. The van der Waals surface area contributed by atoms with Crippen molar-refractivity contribution in [2.45, 2.75) is 4.90 Å². The van der Waals surface area contributed by atoms with Crippen LogP contribution < -0.4 is 5.73 Å². The summed E-state index contributed by atoms with van der Waals surface area (Å²) in [5.74, 6) is -0.800. The van der Waals surface area contributed by atoms with Gasteiger partial charge in [-0.05, 0) is 18.2 Å². The lowest BCUT2D eigenvalue weighted by molar-refractivity contribution is 0.0697. The summed E-state index contributed by atoms with van der Waals surface area (Å²) in [4.78, 5) is 25.5. The van der Waals surface area contributed by atoms with E-state index in [1.165, 1.54) is 21.1 Å². The van der Waals surface area contributed by atoms with Gasteiger partial charge in [-0.25, -0.2) is 8.42 Å². The molecule has 1 aliphatic heterocycles. The van der Waals surface area contributed by atoms with Crippen LogP contribution in [0.25, 0.3) is 0 Å². The maximum atomic E-state index is 12.8. The Balaban J connectivity index is 1.72. The van der Waals surface area contributed by atoms with Crippen molar-refractivity contribution in [3.63, 3.8) is 0 Å². The van der Waals surface area contributed by atoms with Crippen LogP contribution in [0.4, 0.5) is 0 Å². The first-order chi connectivity index (χ1) is 12.3. The Morgan fingerprint density at radius 2 is 1.65 bits per heavy atom. The van der Waals surface area contributed by atoms with E-state index in [-0.39, 0.29) is 29.6 Å². The first-order valence-electron chi connectivity index (χ1n) is 8.11. The summed E-state index contributed by atoms with van der Waals surface area (Å²) in [6, 6.07) is 10.2. The van der Waals surface area contributed by atoms with Gasteiger partial charge < -0.3 is 15.2 Å². The summed E-state index contributed by atoms with van der Waals surface area (Å²) in [6.07, 6.45) is 1.37. The van der Waals surface area contributed by atoms with Crippen molar-refractivity contribution < 1.29 is 18.0 Å². The molecule has 1 aromatic heterocycles. The number of primary amides is 1. The number of rotatable bonds is 4. The first-order valence-corrected chi connectivity index (χ1v) is 9.55. The Hall–Kier alpha value is -2.65. The molecule has 0 atom stereocenters. The summed E-state index contributed by atoms with van der Waals surface area (Å²) >= 11 is 0. The minimum absolute atomic E-state index is 0.0247. The molecule has 9 heteroatoms. The van der Waals surface area contributed by atoms with Gasteiger partial charge in [0.2, 0.25) is 10.0 Å². The zero-order chi connectivity index (χ0) is 18.9. The zero-order valence-corrected chi connectivity index (χ0v) is 15.1. The highest BCUT2D eigenvalue weighted by molar-refractivity contribution is 7.89. The fraction of sp³-hybridized carbons (Fsp3) is 0.294. The third-order valence-corrected chi connectivity index (χ3v) is 6.28. The van der Waals surface area contributed by atoms with E-state index in [1.807, 2.05) is 6.07 Å². The fourth-order valence-corrected chi connectivity index (χ4v) is 4.46. The second-order valence-corrected chi connectivity index (χ2v) is 8.04. The number of nitrogens with zero attached hydrogens (tertiary/aromatic N) is 3. The van der Waals surface area contributed by atoms with E-state index in [4.69, 9.17) is 5.73 Å². The Bertz CT molecular complexity index is 929. The second-order valence-electron chi connectivity index (χ2n) is 6.10. The molecule has 0 bridgehead atoms. The van der Waals surface area contributed by atoms with Gasteiger partial charge in [0.05, 0.1) is 0 Å². The van der Waals surface area contributed by atoms with Crippen molar-refractivity contribution in [3.05, 3.63) is 53.9 Å². The van der Waals surface area contributed by atoms with Crippen LogP contribution in [0.15, 0.2) is 47.5 Å². The predicted molar refractivity (Wildman–Crippen MR) is 95.0 cm³/mol. The van der Waals surface area contributed by atoms with Crippen LogP contribution in [0.3, 0.4) is 0 Å². The van der Waals surface area contributed by atoms with E-state index in [9.17, 15) is 18.0 Å². The third kappa shape index (κ3) is 3.35. The van der Waals surface area contributed by atoms with Gasteiger partial charge in [-0.1, -0.05) is 18.2 Å². The number of sulfonamides is 1. The van der Waals surface area contributed by atoms with E-state index in [0.29, 0.717) is 18.7 Å². The molecule has 2 heterocycles. The van der Waals surface area contributed by atoms with Gasteiger partial charge in [0.25, 0.3) is 11.8 Å². The van der Waals surface area contributed by atoms with Gasteiger partial charge in [0.1, 0.15) is 10.6 Å². The van der Waals surface area contributed by atoms with Crippen LogP contribution in [-0.2, 0) is 17.1 Å². The summed E-state index contributed by atoms with van der Waals surface area (Å²) in [5.41, 5.74) is 5.95. The van der Waals surface area contributed by atoms with Gasteiger partial charge >= 0.3 is 0 Å². The molecule has 0 aliphatic carbocycles. The largest absolute Gasteiger partial charge is 0.364 e. The lowest BCUT2D eigenvalue weighted by Gasteiger charge is -2.33. The van der Waals surface area contributed by atoms with E-state index in [0.717, 1.165) is 0 Å². The summed E-state index contributed by atoms with van der Waals surface area (Å²) in [6.45, 7) is 1.01. The maximum Gasteiger partial charge on any atom is 0.265 e. The Morgan fingerprint density at radius 1 is 1.04 bits per heavy atom. The van der Waals surface area contributed by atoms with Gasteiger partial charge in [-0.15, -0.1) is 0 Å². The molecule has 0 unspecified atom stereocenters. The number of aryl methyl sites for hydroxylation is 1. The van der Waals surface area contributed by atoms with Gasteiger partial charge in [-0.3, -0.25) is 9.59 Å². The quantitative estimate of drug-likeness (QED) is 0.827. The van der Waals surface area contributed by atoms with Crippen LogP contribution in [0.1, 0.15) is 20.8 Å². The van der Waals surface area contributed by atoms with Crippen molar-refractivity contribution in [1.29, 1.82) is 0 Å². The third-order valence-electron chi connectivity index (χ3n) is 4.42. The van der Waals surface area contributed by atoms with Crippen LogP contribution in [0, 0.1) is 0 Å². The number of nitrogens with two attached hydrogens (primary N) is 1. The Morgan fingerprint density at radius 3 is 2.19 bits per heavy atom. The number of aromatic nitrogens is 1. The number of carbonyl (C=O) groups excluding carboxylic acids is 2. The molecule has 2 N–H and O–H groups in total. The lowest BCUT2D eigenvalue weighted by Crippen LogP contribution is -2.50. The number of carbonyl (C=O) groups is 2. The molecule has 0 saturated carbocycles. The highest BCUT2D eigenvalue weighted by Crippen LogP contribution is 2.20. The highest BCUT2D eigenvalue weighted by Gasteiger charge is 2.31. The zero-order valence-electron chi connectivity index (χ0n) is 14.3. The normalized spacial score (nSPS) is 15.8. The van der Waals surface area contributed by atoms with Crippen LogP contribution in [0.2, 0.25) is 0 Å². The molecule has 3 rings (SSSR count). The number of piperazine rings is 1. The maximum absolute atomic E-state index is 12.8. The lowest BCUT2D eigenvalue weighted by atomic mass is 10.2. The summed E-state index contributed by atoms with van der Waals surface area (Å²) < 4.78 is 28.3. The molecular weight excluding hydrogens is 356 g/mol. The number of benzene rings is 1. The van der Waals surface area contributed by atoms with Crippen molar-refractivity contribution in [3.8, 4) is 0 Å². The fourth-order valence-electron chi connectivity index (χ4n) is 2.96. The molecule has 1 fully saturated rings. The van der Waals surface area contributed by atoms with Crippen molar-refractivity contribution in [2.24, 2.45) is 12.8 Å². The van der Waals surface area contributed by atoms with E-state index in [1.54, 1.807) is 36.2 Å². The molecule has 1 aromatic carbocycles. The smallest absolute Gasteiger partial charge is 0.265 e. The Kier molecular flexibility index (Phi) is 4.84. The minimum atomic E-state index is -3.74. The van der Waals surface area contributed by atoms with Gasteiger partial charge in [-0.2, -0.15) is 4.31 Å². The topological polar surface area (TPSA) is 106 Å². The molecule has 2 aromatic rings. The molecule has 0 radical (unpaired) electrons. The molecule has 0 spiro atoms. The molecular formula is C17H20N4O4S. The van der Waals surface area contributed by atoms with Gasteiger partial charge in [0, 0.05) is 45.0 Å². The van der Waals surface area contributed by atoms with E-state index >= 15 is 0 Å². The summed E-state index contributed by atoms with van der Waals surface area (Å²) in [7, 11) is -2.18. The van der Waals surface area contributed by atoms with Crippen molar-refractivity contribution >= 4 is 21.8 Å². The SMILES string of the molecule is Cn1cc(S(=O)(=O)N2CCN(C(=O)c3ccccc3)CC2)cc1C(N)=O. The number of hydrogen-bond donors (Lipinski definition) is 1. The van der Waals surface area contributed by atoms with Crippen LogP contribution in [0.5, 0.6) is 0 Å². The van der Waals surface area contributed by atoms with Crippen LogP contribution in [-0.4, -0.2) is 60.2 Å². The molecule has 26 heavy (non-hydrogen) atoms. The molecule has 1 aliphatic rings. The van der Waals surface area contributed by atoms with Crippen molar-refractivity contribution in [2.75, 3.05) is 26.2 Å². The first kappa shape index (κ1) is 18.2. The molecule has 8 nitrogen and oxygen atoms in total. The highest BCUT2D eigenvalue weighted by atomic mass is 32.2. The average molecular weight is 376 g/mol. The number of amides is 2. The molecule has 2 amide bonds. The Labute approximate surface area is 151 Å². The van der Waals surface area contributed by atoms with E-state index < -0.39 is 15.9 Å². The summed E-state index contributed by atoms with van der Waals surface area (Å²) in [5, 5.41) is 0. The standard InChI is InChI=1S/C17H20N4O4S/c1-19-12-14(11-15(19)16(18)22)26(24,25)21-9-7-20(8-10-21)17(23)13-5-3-2-4-6-13/h2-6,11-12H,7-10H2,1H3,(H2,18,22).